The van der Waals surface area contributed by atoms with Gasteiger partial charge in [0, 0.05) is 42.3 Å². The Labute approximate surface area is 115 Å². The van der Waals surface area contributed by atoms with Crippen LogP contribution < -0.4 is 12.4 Å². The Morgan fingerprint density at radius 2 is 1.06 bits per heavy atom. The average molecular weight is 282 g/mol. The van der Waals surface area contributed by atoms with Crippen LogP contribution in [-0.4, -0.2) is 56.3 Å². The predicted octanol–water partition coefficient (Wildman–Crippen LogP) is -0.00240. The Bertz CT molecular complexity index is 223. The third-order valence-corrected chi connectivity index (χ3v) is 6.62. The Kier molecular flexibility index (Phi) is 8.17. The number of allylic oxidation sites excluding steroid dienone is 1. The third kappa shape index (κ3) is 5.23. The van der Waals surface area contributed by atoms with E-state index < -0.39 is 7.71 Å². The van der Waals surface area contributed by atoms with Crippen molar-refractivity contribution in [2.45, 2.75) is 20.8 Å². The van der Waals surface area contributed by atoms with Crippen molar-refractivity contribution in [2.75, 3.05) is 42.3 Å². The monoisotopic (exact) mass is 281 g/mol. The molecule has 0 amide bonds. The van der Waals surface area contributed by atoms with E-state index in [1.165, 1.54) is 0 Å². The van der Waals surface area contributed by atoms with Crippen LogP contribution in [0.15, 0.2) is 11.9 Å². The van der Waals surface area contributed by atoms with E-state index in [2.05, 4.69) is 89.0 Å². The fourth-order valence-electron chi connectivity index (χ4n) is 1.80. The molecule has 0 N–H and O–H groups in total. The molecule has 0 aromatic heterocycles. The minimum Gasteiger partial charge on any atom is -1.00 e. The Balaban J connectivity index is 0. The van der Waals surface area contributed by atoms with Crippen molar-refractivity contribution in [3.05, 3.63) is 11.9 Å². The van der Waals surface area contributed by atoms with E-state index in [9.17, 15) is 0 Å². The van der Waals surface area contributed by atoms with Gasteiger partial charge in [0.1, 0.15) is 5.82 Å². The van der Waals surface area contributed by atoms with Gasteiger partial charge in [-0.1, -0.05) is 20.8 Å². The van der Waals surface area contributed by atoms with Crippen molar-refractivity contribution in [3.8, 4) is 0 Å². The van der Waals surface area contributed by atoms with Crippen molar-refractivity contribution in [3.63, 3.8) is 0 Å². The van der Waals surface area contributed by atoms with E-state index in [4.69, 9.17) is 0 Å². The van der Waals surface area contributed by atoms with E-state index in [1.54, 1.807) is 0 Å². The Morgan fingerprint density at radius 1 is 0.765 bits per heavy atom. The first-order valence-electron chi connectivity index (χ1n) is 5.66. The molecule has 0 heterocycles. The van der Waals surface area contributed by atoms with Gasteiger partial charge in [-0.15, -0.1) is 0 Å². The van der Waals surface area contributed by atoms with Gasteiger partial charge in [-0.3, -0.25) is 0 Å². The molecule has 0 rings (SSSR count). The van der Waals surface area contributed by atoms with Crippen molar-refractivity contribution < 1.29 is 12.4 Å². The van der Waals surface area contributed by atoms with Crippen molar-refractivity contribution in [2.24, 2.45) is 5.41 Å². The normalized spacial score (nSPS) is 13.9. The molecule has 0 radical (unpaired) electrons. The van der Waals surface area contributed by atoms with Crippen LogP contribution in [0.2, 0.25) is 0 Å². The highest BCUT2D eigenvalue weighted by Gasteiger charge is 2.45. The standard InChI is InChI=1S/C12H29N3P.ClH/c1-12(2,3)10-11-16(13(4)5,14(6)7)15(8)9;/h10-11H,1-9H3;1H/q+1;/p-1/b11-10+;. The summed E-state index contributed by atoms with van der Waals surface area (Å²) in [5.41, 5.74) is 0.229. The van der Waals surface area contributed by atoms with Gasteiger partial charge in [0.15, 0.2) is 0 Å². The molecule has 0 aromatic rings. The van der Waals surface area contributed by atoms with Crippen LogP contribution >= 0.6 is 7.71 Å². The molecule has 0 saturated carbocycles. The molecular weight excluding hydrogens is 253 g/mol. The second kappa shape index (κ2) is 7.06. The van der Waals surface area contributed by atoms with Gasteiger partial charge in [-0.05, 0) is 11.5 Å². The highest BCUT2D eigenvalue weighted by molar-refractivity contribution is 7.71. The number of hydrogen-bond donors (Lipinski definition) is 0. The lowest BCUT2D eigenvalue weighted by atomic mass is 9.98. The molecule has 0 spiro atoms. The quantitative estimate of drug-likeness (QED) is 0.672. The van der Waals surface area contributed by atoms with E-state index in [0.29, 0.717) is 0 Å². The summed E-state index contributed by atoms with van der Waals surface area (Å²) in [4.78, 5) is 0. The van der Waals surface area contributed by atoms with E-state index in [1.807, 2.05) is 0 Å². The lowest BCUT2D eigenvalue weighted by molar-refractivity contribution is -0.00000424. The molecule has 0 aliphatic rings. The maximum atomic E-state index is 2.38. The average Bonchev–Trinajstić information content (AvgIpc) is 2.00. The first-order valence-corrected chi connectivity index (χ1v) is 7.38. The number of nitrogens with zero attached hydrogens (tertiary/aromatic N) is 3. The zero-order valence-corrected chi connectivity index (χ0v) is 14.5. The Hall–Kier alpha value is 0.340. The van der Waals surface area contributed by atoms with Crippen molar-refractivity contribution in [1.29, 1.82) is 0 Å². The molecule has 0 saturated heterocycles. The molecule has 0 unspecified atom stereocenters. The minimum absolute atomic E-state index is 0. The molecule has 0 aliphatic heterocycles. The SMILES string of the molecule is CN(C)[P+](/C=C/C(C)(C)C)(N(C)C)N(C)C.[Cl-]. The van der Waals surface area contributed by atoms with E-state index >= 15 is 0 Å². The minimum atomic E-state index is -1.49. The lowest BCUT2D eigenvalue weighted by Crippen LogP contribution is -3.00. The Morgan fingerprint density at radius 3 is 1.24 bits per heavy atom. The van der Waals surface area contributed by atoms with E-state index in [0.717, 1.165) is 0 Å². The highest BCUT2D eigenvalue weighted by Crippen LogP contribution is 2.65. The molecule has 0 fully saturated rings. The summed E-state index contributed by atoms with van der Waals surface area (Å²) in [6.45, 7) is 6.71. The summed E-state index contributed by atoms with van der Waals surface area (Å²) in [6, 6.07) is 0. The number of halogens is 1. The zero-order valence-electron chi connectivity index (χ0n) is 12.8. The highest BCUT2D eigenvalue weighted by atomic mass is 35.5. The summed E-state index contributed by atoms with van der Waals surface area (Å²) in [6.07, 6.45) is 2.32. The summed E-state index contributed by atoms with van der Waals surface area (Å²) in [5, 5.41) is 0. The van der Waals surface area contributed by atoms with E-state index in [-0.39, 0.29) is 17.8 Å². The maximum absolute atomic E-state index is 2.38. The van der Waals surface area contributed by atoms with Crippen LogP contribution in [0.1, 0.15) is 20.8 Å². The summed E-state index contributed by atoms with van der Waals surface area (Å²) < 4.78 is 6.99. The fourth-order valence-corrected chi connectivity index (χ4v) is 5.39. The first kappa shape index (κ1) is 19.7. The van der Waals surface area contributed by atoms with Crippen molar-refractivity contribution in [1.82, 2.24) is 14.0 Å². The van der Waals surface area contributed by atoms with Gasteiger partial charge in [0.25, 0.3) is 7.71 Å². The molecule has 3 nitrogen and oxygen atoms in total. The van der Waals surface area contributed by atoms with Gasteiger partial charge < -0.3 is 12.4 Å². The summed E-state index contributed by atoms with van der Waals surface area (Å²) in [5.74, 6) is 2.38. The molecule has 0 bridgehead atoms. The molecule has 0 aromatic carbocycles. The summed E-state index contributed by atoms with van der Waals surface area (Å²) in [7, 11) is 11.4. The van der Waals surface area contributed by atoms with Gasteiger partial charge in [-0.2, -0.15) is 14.0 Å². The maximum Gasteiger partial charge on any atom is 0.252 e. The topological polar surface area (TPSA) is 9.72 Å². The molecule has 0 atom stereocenters. The predicted molar refractivity (Wildman–Crippen MR) is 76.6 cm³/mol. The fraction of sp³-hybridized carbons (Fsp3) is 0.833. The van der Waals surface area contributed by atoms with Crippen LogP contribution in [-0.2, 0) is 0 Å². The van der Waals surface area contributed by atoms with Gasteiger partial charge in [0.2, 0.25) is 0 Å². The zero-order chi connectivity index (χ0) is 13.1. The lowest BCUT2D eigenvalue weighted by Gasteiger charge is -2.37. The van der Waals surface area contributed by atoms with Crippen molar-refractivity contribution >= 4 is 7.71 Å². The molecule has 5 heteroatoms. The second-order valence-corrected chi connectivity index (χ2v) is 9.77. The second-order valence-electron chi connectivity index (χ2n) is 5.84. The van der Waals surface area contributed by atoms with Crippen LogP contribution in [0.25, 0.3) is 0 Å². The molecule has 17 heavy (non-hydrogen) atoms. The molecule has 104 valence electrons. The van der Waals surface area contributed by atoms with Gasteiger partial charge in [0.05, 0.1) is 0 Å². The van der Waals surface area contributed by atoms with Crippen LogP contribution in [0.3, 0.4) is 0 Å². The van der Waals surface area contributed by atoms with Gasteiger partial charge >= 0.3 is 0 Å². The molecule has 0 aliphatic carbocycles. The van der Waals surface area contributed by atoms with Gasteiger partial charge in [-0.25, -0.2) is 0 Å². The molecular formula is C12H29ClN3P. The van der Waals surface area contributed by atoms with Crippen LogP contribution in [0.5, 0.6) is 0 Å². The number of rotatable bonds is 4. The number of hydrogen-bond acceptors (Lipinski definition) is 3. The summed E-state index contributed by atoms with van der Waals surface area (Å²) >= 11 is 0. The third-order valence-electron chi connectivity index (χ3n) is 2.54. The smallest absolute Gasteiger partial charge is 0.252 e. The largest absolute Gasteiger partial charge is 1.00 e. The first-order chi connectivity index (χ1) is 7.04. The van der Waals surface area contributed by atoms with Crippen LogP contribution in [0, 0.1) is 5.41 Å². The van der Waals surface area contributed by atoms with Crippen LogP contribution in [0.4, 0.5) is 0 Å².